The lowest BCUT2D eigenvalue weighted by Gasteiger charge is -2.13. The van der Waals surface area contributed by atoms with Gasteiger partial charge < -0.3 is 20.3 Å². The number of amides is 1. The number of imidazole rings is 1. The lowest BCUT2D eigenvalue weighted by Crippen LogP contribution is -2.35. The van der Waals surface area contributed by atoms with Crippen LogP contribution in [0.2, 0.25) is 0 Å². The third-order valence-corrected chi connectivity index (χ3v) is 4.24. The maximum atomic E-state index is 12.2. The van der Waals surface area contributed by atoms with Gasteiger partial charge >= 0.3 is 0 Å². The molecule has 6 heteroatoms. The van der Waals surface area contributed by atoms with Crippen molar-refractivity contribution in [2.75, 3.05) is 11.9 Å². The monoisotopic (exact) mass is 328 g/mol. The number of carbonyl (C=O) groups is 1. The second-order valence-corrected chi connectivity index (χ2v) is 6.61. The number of rotatable bonds is 5. The van der Waals surface area contributed by atoms with Crippen LogP contribution in [0.4, 0.5) is 5.69 Å². The highest BCUT2D eigenvalue weighted by Crippen LogP contribution is 2.17. The Morgan fingerprint density at radius 2 is 2.33 bits per heavy atom. The van der Waals surface area contributed by atoms with Gasteiger partial charge in [0.15, 0.2) is 0 Å². The van der Waals surface area contributed by atoms with Gasteiger partial charge in [0, 0.05) is 37.1 Å². The van der Waals surface area contributed by atoms with E-state index in [1.54, 1.807) is 0 Å². The molecule has 1 aliphatic rings. The number of aromatic nitrogens is 2. The van der Waals surface area contributed by atoms with Crippen molar-refractivity contribution in [3.8, 4) is 0 Å². The third-order valence-electron chi connectivity index (χ3n) is 4.24. The van der Waals surface area contributed by atoms with Crippen LogP contribution in [0.15, 0.2) is 36.7 Å². The molecule has 1 saturated heterocycles. The van der Waals surface area contributed by atoms with Crippen molar-refractivity contribution in [3.63, 3.8) is 0 Å². The Labute approximate surface area is 141 Å². The zero-order chi connectivity index (χ0) is 17.1. The second-order valence-electron chi connectivity index (χ2n) is 6.61. The number of nitrogens with one attached hydrogen (secondary N) is 2. The average molecular weight is 328 g/mol. The molecule has 0 saturated carbocycles. The highest BCUT2D eigenvalue weighted by atomic mass is 16.3. The fourth-order valence-corrected chi connectivity index (χ4v) is 3.05. The van der Waals surface area contributed by atoms with Crippen LogP contribution in [0, 0.1) is 0 Å². The van der Waals surface area contributed by atoms with Gasteiger partial charge in [-0.3, -0.25) is 4.79 Å². The summed E-state index contributed by atoms with van der Waals surface area (Å²) >= 11 is 0. The molecule has 128 valence electrons. The number of aliphatic hydroxyl groups excluding tert-OH is 1. The molecule has 0 aliphatic carbocycles. The van der Waals surface area contributed by atoms with E-state index in [1.165, 1.54) is 0 Å². The molecule has 1 fully saturated rings. The summed E-state index contributed by atoms with van der Waals surface area (Å²) in [4.78, 5) is 16.6. The molecule has 0 spiro atoms. The Kier molecular flexibility index (Phi) is 4.97. The summed E-state index contributed by atoms with van der Waals surface area (Å²) in [6.07, 6.45) is 3.81. The smallest absolute Gasteiger partial charge is 0.241 e. The molecule has 1 aromatic carbocycles. The minimum absolute atomic E-state index is 0.103. The maximum Gasteiger partial charge on any atom is 0.241 e. The van der Waals surface area contributed by atoms with Crippen LogP contribution in [-0.4, -0.2) is 39.3 Å². The van der Waals surface area contributed by atoms with E-state index in [-0.39, 0.29) is 11.9 Å². The number of hydrogen-bond donors (Lipinski definition) is 3. The van der Waals surface area contributed by atoms with Gasteiger partial charge in [-0.05, 0) is 24.1 Å². The average Bonchev–Trinajstić information content (AvgIpc) is 3.16. The van der Waals surface area contributed by atoms with E-state index in [0.29, 0.717) is 18.9 Å². The van der Waals surface area contributed by atoms with E-state index in [0.717, 1.165) is 23.6 Å². The molecular weight excluding hydrogens is 304 g/mol. The highest BCUT2D eigenvalue weighted by molar-refractivity contribution is 5.95. The fourth-order valence-electron chi connectivity index (χ4n) is 3.05. The van der Waals surface area contributed by atoms with Crippen LogP contribution in [0.1, 0.15) is 37.6 Å². The van der Waals surface area contributed by atoms with E-state index in [2.05, 4.69) is 34.0 Å². The Morgan fingerprint density at radius 3 is 3.04 bits per heavy atom. The topological polar surface area (TPSA) is 79.2 Å². The third kappa shape index (κ3) is 3.83. The van der Waals surface area contributed by atoms with Crippen molar-refractivity contribution >= 4 is 11.6 Å². The molecule has 0 radical (unpaired) electrons. The first kappa shape index (κ1) is 16.7. The number of hydrogen-bond acceptors (Lipinski definition) is 4. The lowest BCUT2D eigenvalue weighted by atomic mass is 10.1. The first-order chi connectivity index (χ1) is 11.5. The minimum atomic E-state index is -0.442. The van der Waals surface area contributed by atoms with Crippen LogP contribution in [0.25, 0.3) is 0 Å². The van der Waals surface area contributed by atoms with Crippen molar-refractivity contribution in [2.45, 2.75) is 44.9 Å². The summed E-state index contributed by atoms with van der Waals surface area (Å²) in [7, 11) is 0. The molecule has 24 heavy (non-hydrogen) atoms. The first-order valence-electron chi connectivity index (χ1n) is 8.35. The quantitative estimate of drug-likeness (QED) is 0.781. The number of nitrogens with zero attached hydrogens (tertiary/aromatic N) is 2. The van der Waals surface area contributed by atoms with Crippen molar-refractivity contribution in [1.29, 1.82) is 0 Å². The van der Waals surface area contributed by atoms with Crippen LogP contribution in [0.3, 0.4) is 0 Å². The minimum Gasteiger partial charge on any atom is -0.392 e. The highest BCUT2D eigenvalue weighted by Gasteiger charge is 2.27. The van der Waals surface area contributed by atoms with E-state index in [9.17, 15) is 9.90 Å². The van der Waals surface area contributed by atoms with E-state index in [4.69, 9.17) is 0 Å². The Balaban J connectivity index is 1.68. The van der Waals surface area contributed by atoms with Gasteiger partial charge in [-0.2, -0.15) is 0 Å². The van der Waals surface area contributed by atoms with Crippen molar-refractivity contribution < 1.29 is 9.90 Å². The van der Waals surface area contributed by atoms with E-state index in [1.807, 2.05) is 36.7 Å². The van der Waals surface area contributed by atoms with Crippen LogP contribution in [-0.2, 0) is 11.3 Å². The molecule has 2 heterocycles. The summed E-state index contributed by atoms with van der Waals surface area (Å²) in [5.74, 6) is 1.31. The lowest BCUT2D eigenvalue weighted by molar-refractivity contribution is -0.117. The van der Waals surface area contributed by atoms with E-state index < -0.39 is 6.10 Å². The second kappa shape index (κ2) is 7.15. The number of benzene rings is 1. The SMILES string of the molecule is CC(C)c1nccn1Cc1cccc(NC(=O)C2CC(O)CN2)c1. The molecule has 6 nitrogen and oxygen atoms in total. The van der Waals surface area contributed by atoms with Gasteiger partial charge in [-0.25, -0.2) is 4.98 Å². The van der Waals surface area contributed by atoms with Gasteiger partial charge in [-0.1, -0.05) is 26.0 Å². The van der Waals surface area contributed by atoms with Crippen LogP contribution >= 0.6 is 0 Å². The van der Waals surface area contributed by atoms with Crippen molar-refractivity contribution in [3.05, 3.63) is 48.0 Å². The Hall–Kier alpha value is -2.18. The molecular formula is C18H24N4O2. The summed E-state index contributed by atoms with van der Waals surface area (Å²) in [5.41, 5.74) is 1.87. The molecule has 1 aromatic heterocycles. The zero-order valence-electron chi connectivity index (χ0n) is 14.1. The van der Waals surface area contributed by atoms with Crippen molar-refractivity contribution in [1.82, 2.24) is 14.9 Å². The summed E-state index contributed by atoms with van der Waals surface area (Å²) in [5, 5.41) is 15.5. The van der Waals surface area contributed by atoms with E-state index >= 15 is 0 Å². The molecule has 3 rings (SSSR count). The number of carbonyl (C=O) groups excluding carboxylic acids is 1. The predicted molar refractivity (Wildman–Crippen MR) is 92.9 cm³/mol. The van der Waals surface area contributed by atoms with Gasteiger partial charge in [0.05, 0.1) is 12.1 Å². The number of β-amino-alcohol motifs (C(OH)–C–C–N with tert-alkyl or cyclic N) is 1. The summed E-state index contributed by atoms with van der Waals surface area (Å²) < 4.78 is 2.13. The normalized spacial score (nSPS) is 20.5. The molecule has 2 aromatic rings. The Morgan fingerprint density at radius 1 is 1.50 bits per heavy atom. The largest absolute Gasteiger partial charge is 0.392 e. The molecule has 2 unspecified atom stereocenters. The zero-order valence-corrected chi connectivity index (χ0v) is 14.1. The molecule has 3 N–H and O–H groups in total. The van der Waals surface area contributed by atoms with Gasteiger partial charge in [0.1, 0.15) is 5.82 Å². The first-order valence-corrected chi connectivity index (χ1v) is 8.35. The molecule has 1 aliphatic heterocycles. The fraction of sp³-hybridized carbons (Fsp3) is 0.444. The van der Waals surface area contributed by atoms with Crippen LogP contribution < -0.4 is 10.6 Å². The van der Waals surface area contributed by atoms with Gasteiger partial charge in [0.25, 0.3) is 0 Å². The molecule has 1 amide bonds. The predicted octanol–water partition coefficient (Wildman–Crippen LogP) is 1.72. The summed E-state index contributed by atoms with van der Waals surface area (Å²) in [6, 6.07) is 7.51. The standard InChI is InChI=1S/C18H24N4O2/c1-12(2)17-19-6-7-22(17)11-13-4-3-5-14(8-13)21-18(24)16-9-15(23)10-20-16/h3-8,12,15-16,20,23H,9-11H2,1-2H3,(H,21,24). The molecule has 0 bridgehead atoms. The van der Waals surface area contributed by atoms with Gasteiger partial charge in [-0.15, -0.1) is 0 Å². The van der Waals surface area contributed by atoms with Gasteiger partial charge in [0.2, 0.25) is 5.91 Å². The molecule has 2 atom stereocenters. The van der Waals surface area contributed by atoms with Crippen LogP contribution in [0.5, 0.6) is 0 Å². The Bertz CT molecular complexity index is 711. The maximum absolute atomic E-state index is 12.2. The van der Waals surface area contributed by atoms with Crippen molar-refractivity contribution in [2.24, 2.45) is 0 Å². The number of anilines is 1. The summed E-state index contributed by atoms with van der Waals surface area (Å²) in [6.45, 7) is 5.44. The number of aliphatic hydroxyl groups is 1.